The van der Waals surface area contributed by atoms with Crippen molar-refractivity contribution in [1.29, 1.82) is 0 Å². The fourth-order valence-corrected chi connectivity index (χ4v) is 13.5. The van der Waals surface area contributed by atoms with Crippen LogP contribution in [0.3, 0.4) is 0 Å². The fraction of sp³-hybridized carbons (Fsp3) is 0.632. The Balaban J connectivity index is 1.23. The molecule has 9 heteroatoms. The van der Waals surface area contributed by atoms with E-state index in [4.69, 9.17) is 9.47 Å². The number of rotatable bonds is 2. The Labute approximate surface area is 285 Å². The molecular formula is C38H46N2O5S2. The van der Waals surface area contributed by atoms with Crippen LogP contribution in [-0.4, -0.2) is 34.9 Å². The summed E-state index contributed by atoms with van der Waals surface area (Å²) in [5, 5.41) is 18.0. The Bertz CT molecular complexity index is 1630. The van der Waals surface area contributed by atoms with Gasteiger partial charge in [0, 0.05) is 23.6 Å². The van der Waals surface area contributed by atoms with E-state index in [9.17, 15) is 14.7 Å². The summed E-state index contributed by atoms with van der Waals surface area (Å²) < 4.78 is 12.8. The standard InChI is InChI=1S/C38H46N2O5S2/c1-3-37(12-4-5-13-37)26-8-7-22-18-25-23-10-14-38(31(25)30-29(22)33(26)45-34(30)41)27-9-6-20(2)36(43)47-46-19-40-28-17-21(11-15-39-28)16-24(23)32(38)35(42)44-27/h9,11,17,20,22-23,25,31,36,39-40,43H,3-8,10,12-16,18-19H2,1-2H3. The van der Waals surface area contributed by atoms with Gasteiger partial charge in [0.1, 0.15) is 17.0 Å². The van der Waals surface area contributed by atoms with Gasteiger partial charge >= 0.3 is 11.9 Å². The SMILES string of the molecule is CCC1(C2=C3OC(=O)C4=C3C(CC2)CC2C3CCC5(C6=CCC(C)C(O)SSCNC7=CC(=CCN7)CC3=C5C(=O)O6)C42)CCCC1. The minimum Gasteiger partial charge on any atom is -0.427 e. The molecular weight excluding hydrogens is 629 g/mol. The average molecular weight is 675 g/mol. The van der Waals surface area contributed by atoms with Crippen molar-refractivity contribution >= 4 is 33.5 Å². The second kappa shape index (κ2) is 11.3. The average Bonchev–Trinajstić information content (AvgIpc) is 3.78. The Morgan fingerprint density at radius 3 is 2.72 bits per heavy atom. The van der Waals surface area contributed by atoms with E-state index in [0.717, 1.165) is 80.0 Å². The van der Waals surface area contributed by atoms with E-state index >= 15 is 0 Å². The van der Waals surface area contributed by atoms with Crippen molar-refractivity contribution in [2.75, 3.05) is 12.4 Å². The molecule has 7 unspecified atom stereocenters. The Morgan fingerprint density at radius 2 is 1.89 bits per heavy atom. The first-order chi connectivity index (χ1) is 22.8. The van der Waals surface area contributed by atoms with Crippen LogP contribution in [0.5, 0.6) is 0 Å². The van der Waals surface area contributed by atoms with Crippen LogP contribution in [0.25, 0.3) is 0 Å². The number of carbonyl (C=O) groups is 2. The van der Waals surface area contributed by atoms with Crippen LogP contribution < -0.4 is 10.6 Å². The summed E-state index contributed by atoms with van der Waals surface area (Å²) >= 11 is 0. The largest absolute Gasteiger partial charge is 0.427 e. The van der Waals surface area contributed by atoms with E-state index in [2.05, 4.69) is 42.7 Å². The molecule has 10 aliphatic rings. The highest BCUT2D eigenvalue weighted by Crippen LogP contribution is 2.72. The number of allylic oxidation sites excluding steroid dienone is 7. The van der Waals surface area contributed by atoms with Crippen molar-refractivity contribution in [3.05, 3.63) is 69.0 Å². The zero-order chi connectivity index (χ0) is 32.1. The number of ether oxygens (including phenoxy) is 2. The van der Waals surface area contributed by atoms with E-state index in [1.807, 2.05) is 0 Å². The quantitative estimate of drug-likeness (QED) is 0.206. The van der Waals surface area contributed by atoms with E-state index in [1.165, 1.54) is 58.8 Å². The maximum Gasteiger partial charge on any atom is 0.340 e. The second-order valence-electron chi connectivity index (χ2n) is 15.5. The third kappa shape index (κ3) is 4.43. The molecule has 7 bridgehead atoms. The monoisotopic (exact) mass is 674 g/mol. The van der Waals surface area contributed by atoms with Crippen molar-refractivity contribution in [3.8, 4) is 0 Å². The molecule has 7 atom stereocenters. The predicted molar refractivity (Wildman–Crippen MR) is 184 cm³/mol. The van der Waals surface area contributed by atoms with Crippen molar-refractivity contribution in [2.45, 2.75) is 96.3 Å². The number of nitrogens with one attached hydrogen (secondary N) is 2. The first-order valence-corrected chi connectivity index (χ1v) is 20.4. The van der Waals surface area contributed by atoms with Gasteiger partial charge in [0.2, 0.25) is 0 Å². The minimum atomic E-state index is -0.664. The maximum atomic E-state index is 14.3. The Morgan fingerprint density at radius 1 is 1.04 bits per heavy atom. The molecule has 0 amide bonds. The van der Waals surface area contributed by atoms with Crippen molar-refractivity contribution < 1.29 is 24.2 Å². The van der Waals surface area contributed by atoms with Gasteiger partial charge in [-0.1, -0.05) is 59.9 Å². The number of aliphatic hydroxyl groups is 1. The Kier molecular flexibility index (Phi) is 7.40. The van der Waals surface area contributed by atoms with Crippen LogP contribution in [0.4, 0.5) is 0 Å². The van der Waals surface area contributed by atoms with Gasteiger partial charge in [-0.05, 0) is 117 Å². The van der Waals surface area contributed by atoms with Crippen molar-refractivity contribution in [3.63, 3.8) is 0 Å². The third-order valence-electron chi connectivity index (χ3n) is 13.5. The second-order valence-corrected chi connectivity index (χ2v) is 18.0. The van der Waals surface area contributed by atoms with Crippen LogP contribution in [0.1, 0.15) is 90.9 Å². The van der Waals surface area contributed by atoms with Gasteiger partial charge in [-0.2, -0.15) is 0 Å². The zero-order valence-corrected chi connectivity index (χ0v) is 29.1. The number of aliphatic hydroxyl groups excluding tert-OH is 1. The lowest BCUT2D eigenvalue weighted by Crippen LogP contribution is -2.53. The molecule has 0 aromatic carbocycles. The first-order valence-electron chi connectivity index (χ1n) is 18.1. The molecule has 2 saturated carbocycles. The first kappa shape index (κ1) is 30.7. The van der Waals surface area contributed by atoms with Gasteiger partial charge in [-0.15, -0.1) is 0 Å². The Hall–Kier alpha value is -2.36. The molecule has 3 fully saturated rings. The van der Waals surface area contributed by atoms with Gasteiger partial charge in [-0.3, -0.25) is 0 Å². The lowest BCUT2D eigenvalue weighted by Gasteiger charge is -2.57. The van der Waals surface area contributed by atoms with Crippen LogP contribution in [0, 0.1) is 40.4 Å². The van der Waals surface area contributed by atoms with E-state index < -0.39 is 10.9 Å². The molecule has 47 heavy (non-hydrogen) atoms. The third-order valence-corrected chi connectivity index (χ3v) is 16.0. The lowest BCUT2D eigenvalue weighted by atomic mass is 9.43. The number of hydrogen-bond donors (Lipinski definition) is 3. The molecule has 1 saturated heterocycles. The van der Waals surface area contributed by atoms with E-state index in [-0.39, 0.29) is 41.0 Å². The molecule has 7 nitrogen and oxygen atoms in total. The highest BCUT2D eigenvalue weighted by Gasteiger charge is 2.69. The van der Waals surface area contributed by atoms with Crippen LogP contribution >= 0.6 is 21.6 Å². The smallest absolute Gasteiger partial charge is 0.340 e. The predicted octanol–water partition coefficient (Wildman–Crippen LogP) is 7.31. The lowest BCUT2D eigenvalue weighted by molar-refractivity contribution is -0.135. The molecule has 4 heterocycles. The van der Waals surface area contributed by atoms with Gasteiger partial charge in [0.05, 0.1) is 22.7 Å². The van der Waals surface area contributed by atoms with Gasteiger partial charge in [0.15, 0.2) is 0 Å². The van der Waals surface area contributed by atoms with Crippen LogP contribution in [0.15, 0.2) is 69.0 Å². The number of carbonyl (C=O) groups excluding carboxylic acids is 2. The molecule has 0 aromatic heterocycles. The highest BCUT2D eigenvalue weighted by atomic mass is 33.1. The number of esters is 2. The van der Waals surface area contributed by atoms with E-state index in [1.54, 1.807) is 10.8 Å². The molecule has 4 aliphatic heterocycles. The maximum absolute atomic E-state index is 14.3. The normalized spacial score (nSPS) is 38.9. The van der Waals surface area contributed by atoms with Gasteiger partial charge in [-0.25, -0.2) is 9.59 Å². The molecule has 0 aromatic rings. The molecule has 3 N–H and O–H groups in total. The summed E-state index contributed by atoms with van der Waals surface area (Å²) in [7, 11) is 3.08. The van der Waals surface area contributed by atoms with Gasteiger partial charge < -0.3 is 25.2 Å². The summed E-state index contributed by atoms with van der Waals surface area (Å²) in [6.45, 7) is 5.10. The van der Waals surface area contributed by atoms with Crippen LogP contribution in [0.2, 0.25) is 0 Å². The number of dihydropyridines is 1. The van der Waals surface area contributed by atoms with Crippen molar-refractivity contribution in [1.82, 2.24) is 10.6 Å². The van der Waals surface area contributed by atoms with Crippen LogP contribution in [-0.2, 0) is 19.1 Å². The summed E-state index contributed by atoms with van der Waals surface area (Å²) in [6, 6.07) is 0. The summed E-state index contributed by atoms with van der Waals surface area (Å²) in [4.78, 5) is 28.5. The fourth-order valence-electron chi connectivity index (χ4n) is 11.4. The topological polar surface area (TPSA) is 96.9 Å². The van der Waals surface area contributed by atoms with Gasteiger partial charge in [0.25, 0.3) is 0 Å². The number of hydrogen-bond acceptors (Lipinski definition) is 9. The molecule has 0 radical (unpaired) electrons. The van der Waals surface area contributed by atoms with E-state index in [0.29, 0.717) is 18.2 Å². The molecule has 1 spiro atoms. The summed E-state index contributed by atoms with van der Waals surface area (Å²) in [5.41, 5.74) is 5.66. The molecule has 10 rings (SSSR count). The zero-order valence-electron chi connectivity index (χ0n) is 27.5. The summed E-state index contributed by atoms with van der Waals surface area (Å²) in [6.07, 6.45) is 18.8. The number of fused-ring (bicyclic) bond motifs is 2. The summed E-state index contributed by atoms with van der Waals surface area (Å²) in [5.74, 6) is 3.58. The molecule has 250 valence electrons. The van der Waals surface area contributed by atoms with Crippen molar-refractivity contribution in [2.24, 2.45) is 40.4 Å². The highest BCUT2D eigenvalue weighted by molar-refractivity contribution is 8.76. The minimum absolute atomic E-state index is 0.0333. The molecule has 6 aliphatic carbocycles.